The topological polar surface area (TPSA) is 56.7 Å². The van der Waals surface area contributed by atoms with Gasteiger partial charge in [-0.3, -0.25) is 9.79 Å². The molecule has 1 amide bonds. The molecule has 0 atom stereocenters. The molecule has 0 aromatic rings. The van der Waals surface area contributed by atoms with Crippen LogP contribution in [0.4, 0.5) is 0 Å². The van der Waals surface area contributed by atoms with E-state index in [4.69, 9.17) is 0 Å². The van der Waals surface area contributed by atoms with E-state index in [9.17, 15) is 4.79 Å². The first-order valence-corrected chi connectivity index (χ1v) is 7.93. The lowest BCUT2D eigenvalue weighted by Crippen LogP contribution is -2.41. The van der Waals surface area contributed by atoms with Crippen molar-refractivity contribution in [3.05, 3.63) is 0 Å². The third-order valence-corrected chi connectivity index (χ3v) is 4.48. The fraction of sp³-hybridized carbons (Fsp3) is 0.867. The maximum Gasteiger partial charge on any atom is 0.216 e. The molecule has 0 unspecified atom stereocenters. The highest BCUT2D eigenvalue weighted by Gasteiger charge is 2.40. The van der Waals surface area contributed by atoms with Crippen molar-refractivity contribution in [1.29, 1.82) is 0 Å². The summed E-state index contributed by atoms with van der Waals surface area (Å²) in [6.07, 6.45) is 6.86. The van der Waals surface area contributed by atoms with Crippen molar-refractivity contribution < 1.29 is 4.79 Å². The highest BCUT2D eigenvalue weighted by molar-refractivity contribution is 5.80. The molecule has 1 aliphatic heterocycles. The number of hydrogen-bond donors (Lipinski definition) is 2. The largest absolute Gasteiger partial charge is 0.357 e. The van der Waals surface area contributed by atoms with Crippen LogP contribution < -0.4 is 10.6 Å². The second-order valence-corrected chi connectivity index (χ2v) is 6.10. The van der Waals surface area contributed by atoms with Gasteiger partial charge in [-0.05, 0) is 31.6 Å². The number of guanidine groups is 1. The maximum absolute atomic E-state index is 10.9. The third-order valence-electron chi connectivity index (χ3n) is 4.48. The van der Waals surface area contributed by atoms with Crippen molar-refractivity contribution in [3.8, 4) is 0 Å². The predicted octanol–water partition coefficient (Wildman–Crippen LogP) is 1.35. The van der Waals surface area contributed by atoms with Gasteiger partial charge < -0.3 is 15.5 Å². The molecule has 2 fully saturated rings. The quantitative estimate of drug-likeness (QED) is 0.464. The van der Waals surface area contributed by atoms with Gasteiger partial charge in [0.1, 0.15) is 0 Å². The molecule has 1 heterocycles. The van der Waals surface area contributed by atoms with Crippen LogP contribution in [-0.4, -0.2) is 49.5 Å². The summed E-state index contributed by atoms with van der Waals surface area (Å²) in [6, 6.07) is 0. The maximum atomic E-state index is 10.9. The Morgan fingerprint density at radius 1 is 1.25 bits per heavy atom. The van der Waals surface area contributed by atoms with Crippen LogP contribution in [0.3, 0.4) is 0 Å². The molecule has 0 radical (unpaired) electrons. The highest BCUT2D eigenvalue weighted by atomic mass is 16.1. The lowest BCUT2D eigenvalue weighted by Gasteiger charge is -2.26. The summed E-state index contributed by atoms with van der Waals surface area (Å²) in [5, 5.41) is 6.17. The summed E-state index contributed by atoms with van der Waals surface area (Å²) in [5.41, 5.74) is 0.563. The first-order valence-electron chi connectivity index (χ1n) is 7.93. The summed E-state index contributed by atoms with van der Waals surface area (Å²) in [7, 11) is 0. The molecule has 1 saturated carbocycles. The normalized spacial score (nSPS) is 21.5. The van der Waals surface area contributed by atoms with Crippen LogP contribution in [0.5, 0.6) is 0 Å². The molecule has 5 heteroatoms. The highest BCUT2D eigenvalue weighted by Crippen LogP contribution is 2.45. The van der Waals surface area contributed by atoms with Gasteiger partial charge in [-0.2, -0.15) is 0 Å². The van der Waals surface area contributed by atoms with E-state index in [-0.39, 0.29) is 5.91 Å². The van der Waals surface area contributed by atoms with E-state index < -0.39 is 0 Å². The smallest absolute Gasteiger partial charge is 0.216 e. The second-order valence-electron chi connectivity index (χ2n) is 6.10. The molecule has 5 nitrogen and oxygen atoms in total. The average molecular weight is 280 g/mol. The molecule has 2 aliphatic rings. The van der Waals surface area contributed by atoms with Crippen LogP contribution in [0.1, 0.15) is 46.0 Å². The molecule has 1 saturated heterocycles. The first kappa shape index (κ1) is 15.1. The van der Waals surface area contributed by atoms with Gasteiger partial charge in [-0.15, -0.1) is 0 Å². The predicted molar refractivity (Wildman–Crippen MR) is 81.8 cm³/mol. The van der Waals surface area contributed by atoms with Crippen molar-refractivity contribution in [3.63, 3.8) is 0 Å². The lowest BCUT2D eigenvalue weighted by molar-refractivity contribution is -0.118. The molecule has 0 bridgehead atoms. The number of carbonyl (C=O) groups excluding carboxylic acids is 1. The Bertz CT molecular complexity index is 361. The second kappa shape index (κ2) is 6.95. The monoisotopic (exact) mass is 280 g/mol. The number of hydrogen-bond acceptors (Lipinski definition) is 2. The van der Waals surface area contributed by atoms with Crippen molar-refractivity contribution in [2.24, 2.45) is 10.4 Å². The third kappa shape index (κ3) is 3.87. The Morgan fingerprint density at radius 3 is 2.65 bits per heavy atom. The van der Waals surface area contributed by atoms with Crippen LogP contribution in [0, 0.1) is 5.41 Å². The molecule has 1 spiro atoms. The van der Waals surface area contributed by atoms with Gasteiger partial charge in [-0.25, -0.2) is 0 Å². The molecule has 20 heavy (non-hydrogen) atoms. The zero-order valence-corrected chi connectivity index (χ0v) is 12.9. The van der Waals surface area contributed by atoms with E-state index in [2.05, 4.69) is 27.4 Å². The number of nitrogens with one attached hydrogen (secondary N) is 2. The van der Waals surface area contributed by atoms with Gasteiger partial charge in [0.15, 0.2) is 5.96 Å². The van der Waals surface area contributed by atoms with E-state index in [1.807, 2.05) is 0 Å². The van der Waals surface area contributed by atoms with Gasteiger partial charge >= 0.3 is 0 Å². The van der Waals surface area contributed by atoms with Crippen LogP contribution >= 0.6 is 0 Å². The minimum atomic E-state index is 0.0104. The first-order chi connectivity index (χ1) is 9.65. The van der Waals surface area contributed by atoms with Gasteiger partial charge in [-0.1, -0.05) is 12.8 Å². The standard InChI is InChI=1S/C15H28N4O/c1-3-16-14(18-10-9-17-13(2)20)19-11-8-15(12-19)6-4-5-7-15/h3-12H2,1-2H3,(H,16,18)(H,17,20). The summed E-state index contributed by atoms with van der Waals surface area (Å²) in [6.45, 7) is 8.06. The average Bonchev–Trinajstić information content (AvgIpc) is 3.04. The number of amides is 1. The number of carbonyl (C=O) groups is 1. The molecule has 0 aromatic carbocycles. The van der Waals surface area contributed by atoms with E-state index in [0.717, 1.165) is 25.6 Å². The molecule has 114 valence electrons. The minimum absolute atomic E-state index is 0.0104. The van der Waals surface area contributed by atoms with Gasteiger partial charge in [0.2, 0.25) is 5.91 Å². The van der Waals surface area contributed by atoms with Crippen molar-refractivity contribution in [2.75, 3.05) is 32.7 Å². The Morgan fingerprint density at radius 2 is 2.00 bits per heavy atom. The van der Waals surface area contributed by atoms with Crippen LogP contribution in [-0.2, 0) is 4.79 Å². The summed E-state index contributed by atoms with van der Waals surface area (Å²) in [4.78, 5) is 17.9. The SMILES string of the molecule is CCNC(=NCCNC(C)=O)N1CCC2(CCCC2)C1. The Hall–Kier alpha value is -1.26. The van der Waals surface area contributed by atoms with Gasteiger partial charge in [0.05, 0.1) is 6.54 Å². The van der Waals surface area contributed by atoms with Gasteiger partial charge in [0, 0.05) is 33.1 Å². The van der Waals surface area contributed by atoms with E-state index in [1.54, 1.807) is 6.92 Å². The molecule has 1 aliphatic carbocycles. The molecule has 0 aromatic heterocycles. The van der Waals surface area contributed by atoms with E-state index >= 15 is 0 Å². The van der Waals surface area contributed by atoms with Crippen molar-refractivity contribution in [1.82, 2.24) is 15.5 Å². The fourth-order valence-electron chi connectivity index (χ4n) is 3.47. The molecular weight excluding hydrogens is 252 g/mol. The van der Waals surface area contributed by atoms with Gasteiger partial charge in [0.25, 0.3) is 0 Å². The van der Waals surface area contributed by atoms with Crippen LogP contribution in [0.2, 0.25) is 0 Å². The lowest BCUT2D eigenvalue weighted by atomic mass is 9.86. The molecular formula is C15H28N4O. The number of nitrogens with zero attached hydrogens (tertiary/aromatic N) is 2. The van der Waals surface area contributed by atoms with Crippen LogP contribution in [0.15, 0.2) is 4.99 Å². The molecule has 2 rings (SSSR count). The Balaban J connectivity index is 1.88. The Kier molecular flexibility index (Phi) is 5.26. The summed E-state index contributed by atoms with van der Waals surface area (Å²) >= 11 is 0. The summed E-state index contributed by atoms with van der Waals surface area (Å²) < 4.78 is 0. The van der Waals surface area contributed by atoms with Crippen LogP contribution in [0.25, 0.3) is 0 Å². The Labute approximate surface area is 122 Å². The van der Waals surface area contributed by atoms with Crippen molar-refractivity contribution >= 4 is 11.9 Å². The number of likely N-dealkylation sites (tertiary alicyclic amines) is 1. The fourth-order valence-corrected chi connectivity index (χ4v) is 3.47. The number of aliphatic imine (C=N–C) groups is 1. The molecule has 2 N–H and O–H groups in total. The zero-order valence-electron chi connectivity index (χ0n) is 12.9. The van der Waals surface area contributed by atoms with E-state index in [0.29, 0.717) is 18.5 Å². The minimum Gasteiger partial charge on any atom is -0.357 e. The summed E-state index contributed by atoms with van der Waals surface area (Å²) in [5.74, 6) is 1.03. The van der Waals surface area contributed by atoms with Crippen molar-refractivity contribution in [2.45, 2.75) is 46.0 Å². The van der Waals surface area contributed by atoms with E-state index in [1.165, 1.54) is 32.1 Å². The number of rotatable bonds is 4. The zero-order chi connectivity index (χ0) is 14.4.